The molecule has 0 atom stereocenters. The summed E-state index contributed by atoms with van der Waals surface area (Å²) >= 11 is 2.81. The van der Waals surface area contributed by atoms with Gasteiger partial charge in [0.2, 0.25) is 5.91 Å². The van der Waals surface area contributed by atoms with Gasteiger partial charge in [0, 0.05) is 5.69 Å². The minimum atomic E-state index is -0.101. The normalized spacial score (nSPS) is 11.0. The molecule has 0 unspecified atom stereocenters. The minimum absolute atomic E-state index is 0.101. The molecule has 0 aliphatic carbocycles. The second-order valence-corrected chi connectivity index (χ2v) is 7.17. The number of aromatic amines is 1. The third kappa shape index (κ3) is 3.88. The zero-order valence-corrected chi connectivity index (χ0v) is 15.3. The van der Waals surface area contributed by atoms with Gasteiger partial charge in [0.25, 0.3) is 0 Å². The van der Waals surface area contributed by atoms with Crippen LogP contribution in [0.4, 0.5) is 5.13 Å². The van der Waals surface area contributed by atoms with Gasteiger partial charge in [0.1, 0.15) is 5.75 Å². The van der Waals surface area contributed by atoms with Crippen molar-refractivity contribution in [1.29, 1.82) is 0 Å². The first-order valence-corrected chi connectivity index (χ1v) is 9.34. The van der Waals surface area contributed by atoms with E-state index in [4.69, 9.17) is 4.74 Å². The second-order valence-electron chi connectivity index (χ2n) is 5.17. The van der Waals surface area contributed by atoms with Gasteiger partial charge in [-0.15, -0.1) is 0 Å². The summed E-state index contributed by atoms with van der Waals surface area (Å²) in [5.74, 6) is 0.994. The number of rotatable bonds is 6. The van der Waals surface area contributed by atoms with Crippen LogP contribution in [0.5, 0.6) is 5.75 Å². The molecule has 2 aromatic heterocycles. The fourth-order valence-electron chi connectivity index (χ4n) is 2.09. The van der Waals surface area contributed by atoms with Crippen LogP contribution in [0.25, 0.3) is 10.2 Å². The molecule has 0 aliphatic rings. The number of amides is 1. The third-order valence-corrected chi connectivity index (χ3v) is 5.17. The van der Waals surface area contributed by atoms with E-state index >= 15 is 0 Å². The summed E-state index contributed by atoms with van der Waals surface area (Å²) in [7, 11) is 0. The number of fused-ring (bicyclic) bond motifs is 1. The number of thiazole rings is 1. The van der Waals surface area contributed by atoms with Crippen LogP contribution in [0.2, 0.25) is 0 Å². The van der Waals surface area contributed by atoms with Crippen LogP contribution in [-0.2, 0) is 4.79 Å². The number of benzene rings is 1. The molecule has 1 amide bonds. The van der Waals surface area contributed by atoms with E-state index in [1.54, 1.807) is 0 Å². The van der Waals surface area contributed by atoms with E-state index in [1.807, 2.05) is 39.0 Å². The molecule has 0 spiro atoms. The van der Waals surface area contributed by atoms with Gasteiger partial charge >= 0.3 is 0 Å². The molecule has 2 N–H and O–H groups in total. The molecule has 2 heterocycles. The fraction of sp³-hybridized carbons (Fsp3) is 0.312. The van der Waals surface area contributed by atoms with E-state index in [0.29, 0.717) is 11.7 Å². The van der Waals surface area contributed by atoms with Crippen molar-refractivity contribution < 1.29 is 9.53 Å². The number of hydrogen-bond donors (Lipinski definition) is 2. The quantitative estimate of drug-likeness (QED) is 0.653. The highest BCUT2D eigenvalue weighted by Crippen LogP contribution is 2.29. The predicted molar refractivity (Wildman–Crippen MR) is 98.2 cm³/mol. The Morgan fingerprint density at radius 2 is 2.21 bits per heavy atom. The highest BCUT2D eigenvalue weighted by molar-refractivity contribution is 7.99. The van der Waals surface area contributed by atoms with E-state index in [0.717, 1.165) is 32.5 Å². The Bertz CT molecular complexity index is 853. The molecule has 0 aliphatic heterocycles. The van der Waals surface area contributed by atoms with Crippen LogP contribution in [0.15, 0.2) is 23.4 Å². The van der Waals surface area contributed by atoms with Gasteiger partial charge in [-0.3, -0.25) is 4.79 Å². The molecular formula is C16H18N4O2S2. The molecule has 0 fully saturated rings. The summed E-state index contributed by atoms with van der Waals surface area (Å²) in [4.78, 5) is 24.0. The first-order valence-electron chi connectivity index (χ1n) is 7.54. The number of carbonyl (C=O) groups is 1. The lowest BCUT2D eigenvalue weighted by atomic mass is 10.3. The van der Waals surface area contributed by atoms with Crippen LogP contribution in [0.3, 0.4) is 0 Å². The van der Waals surface area contributed by atoms with Crippen molar-refractivity contribution in [3.05, 3.63) is 29.6 Å². The van der Waals surface area contributed by atoms with Crippen LogP contribution in [-0.4, -0.2) is 33.2 Å². The summed E-state index contributed by atoms with van der Waals surface area (Å²) in [5.41, 5.74) is 2.83. The highest BCUT2D eigenvalue weighted by Gasteiger charge is 2.11. The minimum Gasteiger partial charge on any atom is -0.494 e. The molecular weight excluding hydrogens is 344 g/mol. The van der Waals surface area contributed by atoms with Crippen molar-refractivity contribution in [2.75, 3.05) is 17.7 Å². The van der Waals surface area contributed by atoms with Gasteiger partial charge in [-0.25, -0.2) is 9.97 Å². The molecule has 0 saturated carbocycles. The van der Waals surface area contributed by atoms with E-state index in [1.165, 1.54) is 23.1 Å². The van der Waals surface area contributed by atoms with Crippen LogP contribution in [0, 0.1) is 13.8 Å². The molecule has 24 heavy (non-hydrogen) atoms. The lowest BCUT2D eigenvalue weighted by Gasteiger charge is -2.00. The SMILES string of the molecule is CCOc1ccc2nc(NC(=O)CSc3nc(C)c(C)[nH]3)sc2c1. The number of hydrogen-bond acceptors (Lipinski definition) is 6. The fourth-order valence-corrected chi connectivity index (χ4v) is 3.76. The standard InChI is InChI=1S/C16H18N4O2S2/c1-4-22-11-5-6-12-13(7-11)24-16(19-12)20-14(21)8-23-15-17-9(2)10(3)18-15/h5-7H,4,8H2,1-3H3,(H,17,18)(H,19,20,21). The highest BCUT2D eigenvalue weighted by atomic mass is 32.2. The van der Waals surface area contributed by atoms with Crippen LogP contribution >= 0.6 is 23.1 Å². The van der Waals surface area contributed by atoms with E-state index in [9.17, 15) is 4.79 Å². The van der Waals surface area contributed by atoms with E-state index in [-0.39, 0.29) is 11.7 Å². The number of carbonyl (C=O) groups excluding carboxylic acids is 1. The molecule has 3 aromatic rings. The van der Waals surface area contributed by atoms with Crippen molar-refractivity contribution in [1.82, 2.24) is 15.0 Å². The summed E-state index contributed by atoms with van der Waals surface area (Å²) in [5, 5.41) is 4.19. The number of anilines is 1. The average Bonchev–Trinajstić information content (AvgIpc) is 3.08. The smallest absolute Gasteiger partial charge is 0.236 e. The molecule has 8 heteroatoms. The van der Waals surface area contributed by atoms with Crippen LogP contribution < -0.4 is 10.1 Å². The number of nitrogens with one attached hydrogen (secondary N) is 2. The van der Waals surface area contributed by atoms with Crippen molar-refractivity contribution in [3.63, 3.8) is 0 Å². The average molecular weight is 362 g/mol. The number of nitrogens with zero attached hydrogens (tertiary/aromatic N) is 2. The zero-order valence-electron chi connectivity index (χ0n) is 13.7. The van der Waals surface area contributed by atoms with Gasteiger partial charge in [-0.1, -0.05) is 23.1 Å². The van der Waals surface area contributed by atoms with Gasteiger partial charge in [-0.05, 0) is 39.0 Å². The summed E-state index contributed by atoms with van der Waals surface area (Å²) < 4.78 is 6.47. The molecule has 126 valence electrons. The van der Waals surface area contributed by atoms with Gasteiger partial charge < -0.3 is 15.0 Å². The Kier molecular flexibility index (Phi) is 5.06. The molecule has 0 bridgehead atoms. The molecule has 0 saturated heterocycles. The summed E-state index contributed by atoms with van der Waals surface area (Å²) in [6.07, 6.45) is 0. The van der Waals surface area contributed by atoms with Crippen molar-refractivity contribution in [2.24, 2.45) is 0 Å². The van der Waals surface area contributed by atoms with Gasteiger partial charge in [0.05, 0.1) is 28.3 Å². The Morgan fingerprint density at radius 1 is 1.38 bits per heavy atom. The molecule has 3 rings (SSSR count). The van der Waals surface area contributed by atoms with Crippen LogP contribution in [0.1, 0.15) is 18.3 Å². The lowest BCUT2D eigenvalue weighted by molar-refractivity contribution is -0.113. The number of imidazole rings is 1. The molecule has 1 aromatic carbocycles. The third-order valence-electron chi connectivity index (χ3n) is 3.36. The number of H-pyrrole nitrogens is 1. The first kappa shape index (κ1) is 16.8. The van der Waals surface area contributed by atoms with Crippen molar-refractivity contribution >= 4 is 44.4 Å². The number of ether oxygens (including phenoxy) is 1. The topological polar surface area (TPSA) is 79.9 Å². The maximum atomic E-state index is 12.1. The lowest BCUT2D eigenvalue weighted by Crippen LogP contribution is -2.13. The number of aromatic nitrogens is 3. The Labute approximate surface area is 148 Å². The largest absolute Gasteiger partial charge is 0.494 e. The Balaban J connectivity index is 1.62. The van der Waals surface area contributed by atoms with Crippen molar-refractivity contribution in [3.8, 4) is 5.75 Å². The Hall–Kier alpha value is -2.06. The maximum Gasteiger partial charge on any atom is 0.236 e. The maximum absolute atomic E-state index is 12.1. The van der Waals surface area contributed by atoms with E-state index < -0.39 is 0 Å². The molecule has 0 radical (unpaired) electrons. The summed E-state index contributed by atoms with van der Waals surface area (Å²) in [6.45, 7) is 6.47. The van der Waals surface area contributed by atoms with Crippen molar-refractivity contribution in [2.45, 2.75) is 25.9 Å². The predicted octanol–water partition coefficient (Wildman–Crippen LogP) is 3.77. The zero-order chi connectivity index (χ0) is 17.1. The monoisotopic (exact) mass is 362 g/mol. The van der Waals surface area contributed by atoms with Gasteiger partial charge in [0.15, 0.2) is 10.3 Å². The Morgan fingerprint density at radius 3 is 2.92 bits per heavy atom. The second kappa shape index (κ2) is 7.23. The van der Waals surface area contributed by atoms with Gasteiger partial charge in [-0.2, -0.15) is 0 Å². The summed E-state index contributed by atoms with van der Waals surface area (Å²) in [6, 6.07) is 5.72. The molecule has 6 nitrogen and oxygen atoms in total. The number of aryl methyl sites for hydroxylation is 2. The van der Waals surface area contributed by atoms with E-state index in [2.05, 4.69) is 20.3 Å². The first-order chi connectivity index (χ1) is 11.5. The number of thioether (sulfide) groups is 1.